The maximum atomic E-state index is 6.57. The molecule has 0 atom stereocenters. The summed E-state index contributed by atoms with van der Waals surface area (Å²) in [5.74, 6) is 0.561. The number of rotatable bonds is 3. The van der Waals surface area contributed by atoms with Gasteiger partial charge < -0.3 is 4.74 Å². The van der Waals surface area contributed by atoms with Crippen molar-refractivity contribution in [1.29, 1.82) is 0 Å². The van der Waals surface area contributed by atoms with Crippen LogP contribution in [0.4, 0.5) is 0 Å². The Morgan fingerprint density at radius 1 is 1.57 bits per heavy atom. The van der Waals surface area contributed by atoms with Crippen LogP contribution in [0, 0.1) is 5.92 Å². The summed E-state index contributed by atoms with van der Waals surface area (Å²) in [5, 5.41) is 0. The van der Waals surface area contributed by atoms with E-state index in [4.69, 9.17) is 10.5 Å². The zero-order valence-electron chi connectivity index (χ0n) is 4.90. The van der Waals surface area contributed by atoms with Gasteiger partial charge in [0.15, 0.2) is 0 Å². The highest BCUT2D eigenvalue weighted by atomic mass is 16.5. The molecule has 0 aliphatic heterocycles. The smallest absolute Gasteiger partial charge is 0.109 e. The van der Waals surface area contributed by atoms with E-state index in [1.165, 1.54) is 0 Å². The summed E-state index contributed by atoms with van der Waals surface area (Å²) < 4.78 is 4.76. The van der Waals surface area contributed by atoms with Gasteiger partial charge in [-0.2, -0.15) is 0 Å². The SMILES string of the molecule is CC(C)COC[NH]. The Bertz CT molecular complexity index is 37.1. The first-order valence-electron chi connectivity index (χ1n) is 2.49. The molecule has 43 valence electrons. The molecule has 0 rings (SSSR count). The third kappa shape index (κ3) is 5.92. The van der Waals surface area contributed by atoms with Gasteiger partial charge in [0.1, 0.15) is 6.73 Å². The third-order valence-electron chi connectivity index (χ3n) is 0.553. The van der Waals surface area contributed by atoms with Crippen LogP contribution in [0.2, 0.25) is 0 Å². The van der Waals surface area contributed by atoms with Crippen LogP contribution in [-0.2, 0) is 4.74 Å². The van der Waals surface area contributed by atoms with Crippen LogP contribution in [0.15, 0.2) is 0 Å². The van der Waals surface area contributed by atoms with Crippen molar-refractivity contribution in [3.05, 3.63) is 0 Å². The van der Waals surface area contributed by atoms with E-state index in [0.29, 0.717) is 12.5 Å². The summed E-state index contributed by atoms with van der Waals surface area (Å²) in [5.41, 5.74) is 6.57. The molecule has 0 unspecified atom stereocenters. The monoisotopic (exact) mass is 102 g/mol. The minimum absolute atomic E-state index is 0.0954. The number of ether oxygens (including phenoxy) is 1. The van der Waals surface area contributed by atoms with Gasteiger partial charge in [-0.15, -0.1) is 0 Å². The van der Waals surface area contributed by atoms with Crippen LogP contribution in [-0.4, -0.2) is 13.3 Å². The van der Waals surface area contributed by atoms with E-state index in [1.54, 1.807) is 0 Å². The van der Waals surface area contributed by atoms with Gasteiger partial charge in [-0.25, -0.2) is 5.73 Å². The van der Waals surface area contributed by atoms with Gasteiger partial charge in [0.05, 0.1) is 6.61 Å². The molecule has 0 aliphatic rings. The Morgan fingerprint density at radius 2 is 2.14 bits per heavy atom. The van der Waals surface area contributed by atoms with Crippen molar-refractivity contribution in [3.63, 3.8) is 0 Å². The molecule has 0 aromatic rings. The molecular formula is C5H12NO. The molecule has 1 N–H and O–H groups in total. The molecule has 0 fully saturated rings. The number of nitrogens with one attached hydrogen (secondary N) is 1. The second kappa shape index (κ2) is 4.09. The normalized spacial score (nSPS) is 10.3. The average molecular weight is 102 g/mol. The molecule has 0 saturated carbocycles. The standard InChI is InChI=1S/C5H12NO/c1-5(2)3-7-4-6/h5-6H,3-4H2,1-2H3. The van der Waals surface area contributed by atoms with Crippen LogP contribution >= 0.6 is 0 Å². The highest BCUT2D eigenvalue weighted by molar-refractivity contribution is 4.36. The minimum Gasteiger partial charge on any atom is -0.365 e. The number of hydrogen-bond donors (Lipinski definition) is 0. The molecule has 0 aromatic carbocycles. The van der Waals surface area contributed by atoms with Gasteiger partial charge in [0, 0.05) is 0 Å². The molecule has 2 nitrogen and oxygen atoms in total. The molecule has 0 saturated heterocycles. The molecule has 1 radical (unpaired) electrons. The molecule has 2 heteroatoms. The van der Waals surface area contributed by atoms with Gasteiger partial charge in [-0.3, -0.25) is 0 Å². The van der Waals surface area contributed by atoms with Gasteiger partial charge in [-0.05, 0) is 5.92 Å². The van der Waals surface area contributed by atoms with Crippen molar-refractivity contribution in [2.45, 2.75) is 13.8 Å². The van der Waals surface area contributed by atoms with Crippen LogP contribution in [0.5, 0.6) is 0 Å². The fraction of sp³-hybridized carbons (Fsp3) is 1.00. The van der Waals surface area contributed by atoms with Crippen molar-refractivity contribution >= 4 is 0 Å². The van der Waals surface area contributed by atoms with E-state index in [0.717, 1.165) is 0 Å². The topological polar surface area (TPSA) is 33.0 Å². The Labute approximate surface area is 44.7 Å². The first-order chi connectivity index (χ1) is 3.27. The first kappa shape index (κ1) is 6.92. The Kier molecular flexibility index (Phi) is 4.04. The summed E-state index contributed by atoms with van der Waals surface area (Å²) in [6.07, 6.45) is 0. The third-order valence-corrected chi connectivity index (χ3v) is 0.553. The number of hydrogen-bond acceptors (Lipinski definition) is 1. The highest BCUT2D eigenvalue weighted by Crippen LogP contribution is 1.89. The van der Waals surface area contributed by atoms with Gasteiger partial charge in [-0.1, -0.05) is 13.8 Å². The quantitative estimate of drug-likeness (QED) is 0.521. The highest BCUT2D eigenvalue weighted by Gasteiger charge is 1.88. The molecule has 7 heavy (non-hydrogen) atoms. The van der Waals surface area contributed by atoms with Crippen molar-refractivity contribution in [2.24, 2.45) is 5.92 Å². The average Bonchev–Trinajstić information content (AvgIpc) is 1.61. The summed E-state index contributed by atoms with van der Waals surface area (Å²) in [6.45, 7) is 4.94. The summed E-state index contributed by atoms with van der Waals surface area (Å²) in [6, 6.07) is 0. The van der Waals surface area contributed by atoms with Gasteiger partial charge in [0.25, 0.3) is 0 Å². The Morgan fingerprint density at radius 3 is 2.29 bits per heavy atom. The molecular weight excluding hydrogens is 90.1 g/mol. The lowest BCUT2D eigenvalue weighted by atomic mass is 10.2. The summed E-state index contributed by atoms with van der Waals surface area (Å²) in [7, 11) is 0. The zero-order valence-corrected chi connectivity index (χ0v) is 4.90. The van der Waals surface area contributed by atoms with E-state index in [9.17, 15) is 0 Å². The second-order valence-corrected chi connectivity index (χ2v) is 1.91. The van der Waals surface area contributed by atoms with Gasteiger partial charge >= 0.3 is 0 Å². The second-order valence-electron chi connectivity index (χ2n) is 1.91. The van der Waals surface area contributed by atoms with Gasteiger partial charge in [0.2, 0.25) is 0 Å². The van der Waals surface area contributed by atoms with Crippen molar-refractivity contribution in [3.8, 4) is 0 Å². The zero-order chi connectivity index (χ0) is 5.70. The molecule has 0 spiro atoms. The molecule has 0 bridgehead atoms. The van der Waals surface area contributed by atoms with Crippen molar-refractivity contribution in [2.75, 3.05) is 13.3 Å². The predicted molar refractivity (Wildman–Crippen MR) is 28.8 cm³/mol. The maximum Gasteiger partial charge on any atom is 0.109 e. The fourth-order valence-corrected chi connectivity index (χ4v) is 0.295. The largest absolute Gasteiger partial charge is 0.365 e. The minimum atomic E-state index is 0.0954. The molecule has 0 aliphatic carbocycles. The van der Waals surface area contributed by atoms with E-state index in [1.807, 2.05) is 0 Å². The van der Waals surface area contributed by atoms with Crippen LogP contribution in [0.25, 0.3) is 0 Å². The Hall–Kier alpha value is -0.0800. The predicted octanol–water partition coefficient (Wildman–Crippen LogP) is 0.899. The van der Waals surface area contributed by atoms with Crippen molar-refractivity contribution in [1.82, 2.24) is 5.73 Å². The lowest BCUT2D eigenvalue weighted by Crippen LogP contribution is -2.02. The van der Waals surface area contributed by atoms with Crippen LogP contribution in [0.3, 0.4) is 0 Å². The van der Waals surface area contributed by atoms with Crippen LogP contribution in [0.1, 0.15) is 13.8 Å². The van der Waals surface area contributed by atoms with Crippen LogP contribution < -0.4 is 5.73 Å². The molecule has 0 aromatic heterocycles. The molecule has 0 amide bonds. The molecule has 0 heterocycles. The maximum absolute atomic E-state index is 6.57. The fourth-order valence-electron chi connectivity index (χ4n) is 0.295. The van der Waals surface area contributed by atoms with Crippen molar-refractivity contribution < 1.29 is 4.74 Å². The lowest BCUT2D eigenvalue weighted by molar-refractivity contribution is 0.112. The first-order valence-corrected chi connectivity index (χ1v) is 2.49. The Balaban J connectivity index is 2.68. The van der Waals surface area contributed by atoms with E-state index in [-0.39, 0.29) is 6.73 Å². The van der Waals surface area contributed by atoms with E-state index in [2.05, 4.69) is 13.8 Å². The lowest BCUT2D eigenvalue weighted by Gasteiger charge is -2.00. The van der Waals surface area contributed by atoms with E-state index >= 15 is 0 Å². The van der Waals surface area contributed by atoms with E-state index < -0.39 is 0 Å². The summed E-state index contributed by atoms with van der Waals surface area (Å²) in [4.78, 5) is 0. The summed E-state index contributed by atoms with van der Waals surface area (Å²) >= 11 is 0.